The molecule has 3 rings (SSSR count). The smallest absolute Gasteiger partial charge is 0.234 e. The van der Waals surface area contributed by atoms with Crippen LogP contribution in [0.4, 0.5) is 16.8 Å². The van der Waals surface area contributed by atoms with Crippen LogP contribution in [-0.4, -0.2) is 64.0 Å². The maximum Gasteiger partial charge on any atom is 0.234 e. The highest BCUT2D eigenvalue weighted by atomic mass is 32.1. The fraction of sp³-hybridized carbons (Fsp3) is 0.500. The molecule has 0 radical (unpaired) electrons. The van der Waals surface area contributed by atoms with Crippen LogP contribution in [0, 0.1) is 11.3 Å². The molecule has 2 aromatic rings. The van der Waals surface area contributed by atoms with Crippen molar-refractivity contribution >= 4 is 34.0 Å². The van der Waals surface area contributed by atoms with Crippen LogP contribution in [0.1, 0.15) is 25.6 Å². The number of rotatable bonds is 5. The normalized spacial score (nSPS) is 15.1. The van der Waals surface area contributed by atoms with Gasteiger partial charge < -0.3 is 15.5 Å². The maximum absolute atomic E-state index is 12.1. The molecule has 0 unspecified atom stereocenters. The van der Waals surface area contributed by atoms with Gasteiger partial charge in [0.25, 0.3) is 0 Å². The molecule has 0 spiro atoms. The number of nitrogens with one attached hydrogen (secondary N) is 2. The van der Waals surface area contributed by atoms with Crippen LogP contribution in [0.25, 0.3) is 0 Å². The van der Waals surface area contributed by atoms with E-state index in [1.807, 2.05) is 26.8 Å². The first kappa shape index (κ1) is 20.0. The Hall–Kier alpha value is -2.77. The topological polar surface area (TPSA) is 110 Å². The first-order valence-corrected chi connectivity index (χ1v) is 9.87. The SMILES string of the molecule is CC(C)(C)NC(=O)CN1CCN(c2cc(Nc3ncc(C#N)s3)ncn2)CC1. The highest BCUT2D eigenvalue weighted by molar-refractivity contribution is 7.16. The minimum Gasteiger partial charge on any atom is -0.354 e. The van der Waals surface area contributed by atoms with Gasteiger partial charge in [0.15, 0.2) is 5.13 Å². The second-order valence-electron chi connectivity index (χ2n) is 7.59. The van der Waals surface area contributed by atoms with Crippen molar-refractivity contribution in [2.24, 2.45) is 0 Å². The van der Waals surface area contributed by atoms with E-state index in [1.165, 1.54) is 23.9 Å². The minimum absolute atomic E-state index is 0.0506. The third kappa shape index (κ3) is 5.61. The van der Waals surface area contributed by atoms with Crippen LogP contribution in [0.2, 0.25) is 0 Å². The van der Waals surface area contributed by atoms with E-state index in [1.54, 1.807) is 0 Å². The average Bonchev–Trinajstić information content (AvgIpc) is 3.08. The van der Waals surface area contributed by atoms with E-state index in [4.69, 9.17) is 5.26 Å². The Bertz CT molecular complexity index is 861. The molecule has 9 nitrogen and oxygen atoms in total. The maximum atomic E-state index is 12.1. The lowest BCUT2D eigenvalue weighted by atomic mass is 10.1. The van der Waals surface area contributed by atoms with E-state index in [0.717, 1.165) is 32.0 Å². The van der Waals surface area contributed by atoms with Crippen molar-refractivity contribution in [3.05, 3.63) is 23.5 Å². The van der Waals surface area contributed by atoms with E-state index in [9.17, 15) is 4.79 Å². The number of anilines is 3. The summed E-state index contributed by atoms with van der Waals surface area (Å²) in [5.74, 6) is 1.51. The standard InChI is InChI=1S/C18H24N8OS/c1-18(2,3)24-16(27)11-25-4-6-26(7-5-25)15-8-14(21-12-22-15)23-17-20-10-13(9-19)28-17/h8,10,12H,4-7,11H2,1-3H3,(H,24,27)(H,20,21,22,23). The lowest BCUT2D eigenvalue weighted by Gasteiger charge is -2.35. The quantitative estimate of drug-likeness (QED) is 0.778. The molecule has 1 aliphatic heterocycles. The van der Waals surface area contributed by atoms with Gasteiger partial charge in [0.05, 0.1) is 12.7 Å². The average molecular weight is 401 g/mol. The second-order valence-corrected chi connectivity index (χ2v) is 8.62. The number of aromatic nitrogens is 3. The van der Waals surface area contributed by atoms with Crippen molar-refractivity contribution in [1.82, 2.24) is 25.2 Å². The van der Waals surface area contributed by atoms with Crippen molar-refractivity contribution in [3.63, 3.8) is 0 Å². The molecule has 0 atom stereocenters. The molecule has 1 aliphatic rings. The molecule has 0 bridgehead atoms. The summed E-state index contributed by atoms with van der Waals surface area (Å²) in [6.45, 7) is 9.52. The van der Waals surface area contributed by atoms with Crippen molar-refractivity contribution < 1.29 is 4.79 Å². The third-order valence-electron chi connectivity index (χ3n) is 4.08. The van der Waals surface area contributed by atoms with E-state index in [0.29, 0.717) is 22.4 Å². The summed E-state index contributed by atoms with van der Waals surface area (Å²) in [5.41, 5.74) is -0.214. The molecule has 1 amide bonds. The zero-order valence-corrected chi connectivity index (χ0v) is 17.1. The van der Waals surface area contributed by atoms with E-state index in [2.05, 4.69) is 41.5 Å². The first-order chi connectivity index (χ1) is 13.3. The Morgan fingerprint density at radius 2 is 2.00 bits per heavy atom. The number of nitrogens with zero attached hydrogens (tertiary/aromatic N) is 6. The van der Waals surface area contributed by atoms with Gasteiger partial charge in [-0.3, -0.25) is 9.69 Å². The van der Waals surface area contributed by atoms with E-state index in [-0.39, 0.29) is 11.4 Å². The first-order valence-electron chi connectivity index (χ1n) is 9.06. The van der Waals surface area contributed by atoms with Gasteiger partial charge >= 0.3 is 0 Å². The number of amides is 1. The second kappa shape index (κ2) is 8.50. The molecular formula is C18H24N8OS. The highest BCUT2D eigenvalue weighted by Gasteiger charge is 2.22. The van der Waals surface area contributed by atoms with Gasteiger partial charge in [0, 0.05) is 37.8 Å². The summed E-state index contributed by atoms with van der Waals surface area (Å²) in [4.78, 5) is 29.7. The molecule has 28 heavy (non-hydrogen) atoms. The molecule has 0 saturated carbocycles. The fourth-order valence-corrected chi connectivity index (χ4v) is 3.50. The Morgan fingerprint density at radius 3 is 2.64 bits per heavy atom. The predicted molar refractivity (Wildman–Crippen MR) is 109 cm³/mol. The van der Waals surface area contributed by atoms with Crippen LogP contribution < -0.4 is 15.5 Å². The molecule has 1 fully saturated rings. The van der Waals surface area contributed by atoms with Crippen LogP contribution in [0.3, 0.4) is 0 Å². The minimum atomic E-state index is -0.214. The van der Waals surface area contributed by atoms with Gasteiger partial charge in [-0.15, -0.1) is 0 Å². The fourth-order valence-electron chi connectivity index (χ4n) is 2.88. The summed E-state index contributed by atoms with van der Waals surface area (Å²) in [7, 11) is 0. The molecule has 3 heterocycles. The van der Waals surface area contributed by atoms with Crippen LogP contribution >= 0.6 is 11.3 Å². The summed E-state index contributed by atoms with van der Waals surface area (Å²) in [6, 6.07) is 3.94. The van der Waals surface area contributed by atoms with Crippen LogP contribution in [-0.2, 0) is 4.79 Å². The Labute approximate surface area is 168 Å². The molecule has 10 heteroatoms. The summed E-state index contributed by atoms with van der Waals surface area (Å²) < 4.78 is 0. The van der Waals surface area contributed by atoms with Gasteiger partial charge in [0.2, 0.25) is 5.91 Å². The number of hydrogen-bond acceptors (Lipinski definition) is 9. The lowest BCUT2D eigenvalue weighted by molar-refractivity contribution is -0.123. The zero-order chi connectivity index (χ0) is 20.1. The summed E-state index contributed by atoms with van der Waals surface area (Å²) in [6.07, 6.45) is 3.05. The van der Waals surface area contributed by atoms with Crippen molar-refractivity contribution in [2.45, 2.75) is 26.3 Å². The van der Waals surface area contributed by atoms with Gasteiger partial charge in [-0.05, 0) is 20.8 Å². The number of nitriles is 1. The Morgan fingerprint density at radius 1 is 1.25 bits per heavy atom. The van der Waals surface area contributed by atoms with Gasteiger partial charge in [-0.1, -0.05) is 11.3 Å². The van der Waals surface area contributed by atoms with Gasteiger partial charge in [-0.2, -0.15) is 5.26 Å². The molecule has 2 aromatic heterocycles. The number of carbonyl (C=O) groups is 1. The third-order valence-corrected chi connectivity index (χ3v) is 4.90. The molecule has 2 N–H and O–H groups in total. The largest absolute Gasteiger partial charge is 0.354 e. The Balaban J connectivity index is 1.54. The van der Waals surface area contributed by atoms with Crippen LogP contribution in [0.15, 0.2) is 18.6 Å². The van der Waals surface area contributed by atoms with Gasteiger partial charge in [0.1, 0.15) is 28.9 Å². The van der Waals surface area contributed by atoms with Crippen molar-refractivity contribution in [1.29, 1.82) is 5.26 Å². The van der Waals surface area contributed by atoms with Crippen molar-refractivity contribution in [2.75, 3.05) is 42.9 Å². The monoisotopic (exact) mass is 400 g/mol. The summed E-state index contributed by atoms with van der Waals surface area (Å²) in [5, 5.41) is 15.6. The number of hydrogen-bond donors (Lipinski definition) is 2. The highest BCUT2D eigenvalue weighted by Crippen LogP contribution is 2.23. The molecular weight excluding hydrogens is 376 g/mol. The lowest BCUT2D eigenvalue weighted by Crippen LogP contribution is -2.52. The predicted octanol–water partition coefficient (Wildman–Crippen LogP) is 1.59. The van der Waals surface area contributed by atoms with Crippen molar-refractivity contribution in [3.8, 4) is 6.07 Å². The molecule has 148 valence electrons. The summed E-state index contributed by atoms with van der Waals surface area (Å²) >= 11 is 1.28. The number of thiazole rings is 1. The number of piperazine rings is 1. The van der Waals surface area contributed by atoms with E-state index < -0.39 is 0 Å². The van der Waals surface area contributed by atoms with Crippen LogP contribution in [0.5, 0.6) is 0 Å². The molecule has 1 saturated heterocycles. The Kier molecular flexibility index (Phi) is 6.06. The molecule has 0 aromatic carbocycles. The number of carbonyl (C=O) groups excluding carboxylic acids is 1. The zero-order valence-electron chi connectivity index (χ0n) is 16.3. The van der Waals surface area contributed by atoms with E-state index >= 15 is 0 Å². The molecule has 0 aliphatic carbocycles. The van der Waals surface area contributed by atoms with Gasteiger partial charge in [-0.25, -0.2) is 15.0 Å².